The van der Waals surface area contributed by atoms with E-state index in [2.05, 4.69) is 32.3 Å². The zero-order valence-corrected chi connectivity index (χ0v) is 18.1. The molecular formula is C22H30N6O2. The van der Waals surface area contributed by atoms with Gasteiger partial charge in [0.2, 0.25) is 0 Å². The standard InChI is InChI=1S/C22H30N6O2/c1-5-30-17-6-7-19-16(12-17)13-18(22(29)23-19)20(27-10-8-15(4)9-11-27)21-24-25-26-28(21)14(2)3/h6-7,12-15,20H,5,8-11H2,1-4H3,(H,23,29)/t20-/m1/s1. The fourth-order valence-electron chi connectivity index (χ4n) is 4.20. The minimum atomic E-state index is -0.293. The van der Waals surface area contributed by atoms with Gasteiger partial charge in [0.15, 0.2) is 5.82 Å². The smallest absolute Gasteiger partial charge is 0.253 e. The number of likely N-dealkylation sites (tertiary alicyclic amines) is 1. The van der Waals surface area contributed by atoms with Crippen molar-refractivity contribution in [3.8, 4) is 5.75 Å². The first-order valence-electron chi connectivity index (χ1n) is 10.8. The molecule has 1 N–H and O–H groups in total. The van der Waals surface area contributed by atoms with Crippen LogP contribution in [-0.2, 0) is 0 Å². The molecule has 0 spiro atoms. The third-order valence-corrected chi connectivity index (χ3v) is 5.89. The second-order valence-corrected chi connectivity index (χ2v) is 8.43. The van der Waals surface area contributed by atoms with Gasteiger partial charge in [-0.2, -0.15) is 0 Å². The van der Waals surface area contributed by atoms with Crippen LogP contribution in [0.4, 0.5) is 0 Å². The number of hydrogen-bond acceptors (Lipinski definition) is 6. The molecule has 2 aromatic heterocycles. The maximum absolute atomic E-state index is 13.2. The van der Waals surface area contributed by atoms with Crippen molar-refractivity contribution >= 4 is 10.9 Å². The quantitative estimate of drug-likeness (QED) is 0.671. The van der Waals surface area contributed by atoms with Gasteiger partial charge in [-0.05, 0) is 87.3 Å². The zero-order chi connectivity index (χ0) is 21.3. The van der Waals surface area contributed by atoms with E-state index in [9.17, 15) is 4.79 Å². The lowest BCUT2D eigenvalue weighted by atomic mass is 9.95. The number of pyridine rings is 1. The van der Waals surface area contributed by atoms with E-state index in [1.165, 1.54) is 0 Å². The number of hydrogen-bond donors (Lipinski definition) is 1. The van der Waals surface area contributed by atoms with E-state index < -0.39 is 0 Å². The van der Waals surface area contributed by atoms with Gasteiger partial charge < -0.3 is 9.72 Å². The van der Waals surface area contributed by atoms with Gasteiger partial charge in [-0.3, -0.25) is 9.69 Å². The Labute approximate surface area is 176 Å². The summed E-state index contributed by atoms with van der Waals surface area (Å²) >= 11 is 0. The molecule has 0 amide bonds. The molecule has 0 unspecified atom stereocenters. The summed E-state index contributed by atoms with van der Waals surface area (Å²) in [6, 6.07) is 7.52. The molecule has 160 valence electrons. The summed E-state index contributed by atoms with van der Waals surface area (Å²) in [4.78, 5) is 18.6. The molecule has 8 heteroatoms. The van der Waals surface area contributed by atoms with Crippen molar-refractivity contribution in [1.29, 1.82) is 0 Å². The van der Waals surface area contributed by atoms with Crippen LogP contribution in [0.3, 0.4) is 0 Å². The number of benzene rings is 1. The van der Waals surface area contributed by atoms with Crippen molar-refractivity contribution in [2.45, 2.75) is 52.6 Å². The predicted octanol–water partition coefficient (Wildman–Crippen LogP) is 3.32. The summed E-state index contributed by atoms with van der Waals surface area (Å²) < 4.78 is 7.48. The van der Waals surface area contributed by atoms with Gasteiger partial charge in [0.05, 0.1) is 12.6 Å². The monoisotopic (exact) mass is 410 g/mol. The molecular weight excluding hydrogens is 380 g/mol. The van der Waals surface area contributed by atoms with E-state index >= 15 is 0 Å². The summed E-state index contributed by atoms with van der Waals surface area (Å²) in [5.74, 6) is 2.19. The lowest BCUT2D eigenvalue weighted by Gasteiger charge is -2.36. The molecule has 1 fully saturated rings. The summed E-state index contributed by atoms with van der Waals surface area (Å²) in [7, 11) is 0. The Bertz CT molecular complexity index is 1060. The summed E-state index contributed by atoms with van der Waals surface area (Å²) in [5, 5.41) is 13.4. The first-order chi connectivity index (χ1) is 14.5. The second kappa shape index (κ2) is 8.55. The second-order valence-electron chi connectivity index (χ2n) is 8.43. The first-order valence-corrected chi connectivity index (χ1v) is 10.8. The Morgan fingerprint density at radius 2 is 2.00 bits per heavy atom. The van der Waals surface area contributed by atoms with Crippen LogP contribution in [0.1, 0.15) is 64.0 Å². The van der Waals surface area contributed by atoms with Gasteiger partial charge >= 0.3 is 0 Å². The highest BCUT2D eigenvalue weighted by molar-refractivity contribution is 5.80. The highest BCUT2D eigenvalue weighted by Gasteiger charge is 2.32. The molecule has 1 atom stereocenters. The number of nitrogens with one attached hydrogen (secondary N) is 1. The molecule has 0 radical (unpaired) electrons. The van der Waals surface area contributed by atoms with Crippen molar-refractivity contribution in [2.75, 3.05) is 19.7 Å². The van der Waals surface area contributed by atoms with Crippen molar-refractivity contribution in [1.82, 2.24) is 30.1 Å². The lowest BCUT2D eigenvalue weighted by molar-refractivity contribution is 0.148. The van der Waals surface area contributed by atoms with Gasteiger partial charge in [-0.15, -0.1) is 5.10 Å². The SMILES string of the molecule is CCOc1ccc2[nH]c(=O)c([C@H](c3nnnn3C(C)C)N3CCC(C)CC3)cc2c1. The third kappa shape index (κ3) is 3.96. The van der Waals surface area contributed by atoms with E-state index in [0.29, 0.717) is 23.9 Å². The van der Waals surface area contributed by atoms with Crippen molar-refractivity contribution in [2.24, 2.45) is 5.92 Å². The number of fused-ring (bicyclic) bond motifs is 1. The van der Waals surface area contributed by atoms with E-state index in [1.807, 2.05) is 49.7 Å². The number of rotatable bonds is 6. The molecule has 1 saturated heterocycles. The van der Waals surface area contributed by atoms with E-state index in [1.54, 1.807) is 0 Å². The van der Waals surface area contributed by atoms with Gasteiger partial charge in [0, 0.05) is 16.5 Å². The first kappa shape index (κ1) is 20.5. The zero-order valence-electron chi connectivity index (χ0n) is 18.1. The minimum absolute atomic E-state index is 0.102. The molecule has 4 rings (SSSR count). The maximum atomic E-state index is 13.2. The van der Waals surface area contributed by atoms with Crippen molar-refractivity contribution < 1.29 is 4.74 Å². The molecule has 1 aliphatic rings. The molecule has 1 aliphatic heterocycles. The summed E-state index contributed by atoms with van der Waals surface area (Å²) in [6.07, 6.45) is 2.19. The highest BCUT2D eigenvalue weighted by Crippen LogP contribution is 2.32. The van der Waals surface area contributed by atoms with Gasteiger partial charge in [0.1, 0.15) is 11.8 Å². The Balaban J connectivity index is 1.85. The Hall–Kier alpha value is -2.74. The number of nitrogens with zero attached hydrogens (tertiary/aromatic N) is 5. The minimum Gasteiger partial charge on any atom is -0.494 e. The topological polar surface area (TPSA) is 88.9 Å². The molecule has 30 heavy (non-hydrogen) atoms. The average molecular weight is 411 g/mol. The molecule has 1 aromatic carbocycles. The maximum Gasteiger partial charge on any atom is 0.253 e. The van der Waals surface area contributed by atoms with E-state index in [-0.39, 0.29) is 17.6 Å². The Kier molecular flexibility index (Phi) is 5.85. The van der Waals surface area contributed by atoms with Crippen LogP contribution in [0.2, 0.25) is 0 Å². The number of H-pyrrole nitrogens is 1. The van der Waals surface area contributed by atoms with Gasteiger partial charge in [-0.1, -0.05) is 6.92 Å². The van der Waals surface area contributed by atoms with Crippen LogP contribution in [-0.4, -0.2) is 49.8 Å². The van der Waals surface area contributed by atoms with Crippen LogP contribution >= 0.6 is 0 Å². The Morgan fingerprint density at radius 3 is 2.70 bits per heavy atom. The highest BCUT2D eigenvalue weighted by atomic mass is 16.5. The van der Waals surface area contributed by atoms with E-state index in [0.717, 1.165) is 42.6 Å². The van der Waals surface area contributed by atoms with Crippen molar-refractivity contribution in [3.63, 3.8) is 0 Å². The molecule has 0 bridgehead atoms. The summed E-state index contributed by atoms with van der Waals surface area (Å²) in [5.41, 5.74) is 1.36. The molecule has 8 nitrogen and oxygen atoms in total. The van der Waals surface area contributed by atoms with Crippen LogP contribution in [0.15, 0.2) is 29.1 Å². The van der Waals surface area contributed by atoms with Crippen LogP contribution < -0.4 is 10.3 Å². The normalized spacial score (nSPS) is 17.0. The largest absolute Gasteiger partial charge is 0.494 e. The molecule has 0 aliphatic carbocycles. The number of ether oxygens (including phenoxy) is 1. The van der Waals surface area contributed by atoms with E-state index in [4.69, 9.17) is 4.74 Å². The molecule has 3 heterocycles. The third-order valence-electron chi connectivity index (χ3n) is 5.89. The number of piperidine rings is 1. The lowest BCUT2D eigenvalue weighted by Crippen LogP contribution is -2.40. The summed E-state index contributed by atoms with van der Waals surface area (Å²) in [6.45, 7) is 10.8. The van der Waals surface area contributed by atoms with Crippen LogP contribution in [0, 0.1) is 5.92 Å². The van der Waals surface area contributed by atoms with Gasteiger partial charge in [-0.25, -0.2) is 4.68 Å². The van der Waals surface area contributed by atoms with Crippen molar-refractivity contribution in [3.05, 3.63) is 46.0 Å². The van der Waals surface area contributed by atoms with Crippen LogP contribution in [0.5, 0.6) is 5.75 Å². The predicted molar refractivity (Wildman–Crippen MR) is 116 cm³/mol. The molecule has 3 aromatic rings. The fraction of sp³-hybridized carbons (Fsp3) is 0.545. The van der Waals surface area contributed by atoms with Crippen LogP contribution in [0.25, 0.3) is 10.9 Å². The average Bonchev–Trinajstić information content (AvgIpc) is 3.20. The number of aromatic amines is 1. The number of aromatic nitrogens is 5. The molecule has 0 saturated carbocycles. The fourth-order valence-corrected chi connectivity index (χ4v) is 4.20. The Morgan fingerprint density at radius 1 is 1.23 bits per heavy atom. The van der Waals surface area contributed by atoms with Gasteiger partial charge in [0.25, 0.3) is 5.56 Å². The number of tetrazole rings is 1.